The fraction of sp³-hybridized carbons (Fsp3) is 0.111. The molecule has 0 saturated carbocycles. The van der Waals surface area contributed by atoms with Crippen LogP contribution in [0.5, 0.6) is 0 Å². The second kappa shape index (κ2) is 12.6. The highest BCUT2D eigenvalue weighted by Gasteiger charge is 2.37. The van der Waals surface area contributed by atoms with Crippen molar-refractivity contribution in [3.63, 3.8) is 0 Å². The molecule has 0 radical (unpaired) electrons. The molecule has 12 rings (SSSR count). The van der Waals surface area contributed by atoms with Crippen molar-refractivity contribution in [3.8, 4) is 33.6 Å². The summed E-state index contributed by atoms with van der Waals surface area (Å²) in [6, 6.07) is 63.5. The van der Waals surface area contributed by atoms with E-state index >= 15 is 0 Å². The minimum Gasteiger partial charge on any atom is -0.449 e. The van der Waals surface area contributed by atoms with Crippen molar-refractivity contribution in [1.82, 2.24) is 9.13 Å². The van der Waals surface area contributed by atoms with E-state index in [2.05, 4.69) is 205 Å². The molecular formula is C54H44N2OSi2. The number of aromatic nitrogens is 2. The summed E-state index contributed by atoms with van der Waals surface area (Å²) < 4.78 is 12.6. The molecule has 0 N–H and O–H groups in total. The molecule has 284 valence electrons. The van der Waals surface area contributed by atoms with Crippen LogP contribution in [0.15, 0.2) is 170 Å². The van der Waals surface area contributed by atoms with Crippen LogP contribution in [0.25, 0.3) is 77.2 Å². The van der Waals surface area contributed by atoms with Crippen molar-refractivity contribution in [2.24, 2.45) is 0 Å². The van der Waals surface area contributed by atoms with Crippen LogP contribution in [-0.2, 0) is 17.0 Å². The molecule has 2 aliphatic carbocycles. The first kappa shape index (κ1) is 34.8. The summed E-state index contributed by atoms with van der Waals surface area (Å²) in [5.74, 6) is 0. The minimum atomic E-state index is -2.43. The van der Waals surface area contributed by atoms with Gasteiger partial charge in [0.2, 0.25) is 16.6 Å². The molecular weight excluding hydrogens is 749 g/mol. The van der Waals surface area contributed by atoms with Crippen LogP contribution in [0.3, 0.4) is 0 Å². The van der Waals surface area contributed by atoms with Gasteiger partial charge in [0, 0.05) is 44.0 Å². The monoisotopic (exact) mass is 792 g/mol. The summed E-state index contributed by atoms with van der Waals surface area (Å²) in [6.45, 7) is 9.59. The summed E-state index contributed by atoms with van der Waals surface area (Å²) in [6.07, 6.45) is 1.95. The Labute approximate surface area is 347 Å². The van der Waals surface area contributed by atoms with Crippen LogP contribution in [-0.4, -0.2) is 25.8 Å². The summed E-state index contributed by atoms with van der Waals surface area (Å²) >= 11 is 0. The fourth-order valence-corrected chi connectivity index (χ4v) is 18.6. The van der Waals surface area contributed by atoms with Crippen LogP contribution < -0.4 is 10.4 Å². The Balaban J connectivity index is 0.985. The topological polar surface area (TPSA) is 19.1 Å². The minimum absolute atomic E-state index is 0.977. The zero-order chi connectivity index (χ0) is 39.6. The highest BCUT2D eigenvalue weighted by Crippen LogP contribution is 2.47. The number of benzene rings is 8. The maximum Gasteiger partial charge on any atom is 0.206 e. The van der Waals surface area contributed by atoms with Gasteiger partial charge < -0.3 is 13.2 Å². The lowest BCUT2D eigenvalue weighted by Gasteiger charge is -2.34. The molecule has 0 amide bonds. The number of hydrogen-bond donors (Lipinski definition) is 0. The predicted molar refractivity (Wildman–Crippen MR) is 253 cm³/mol. The van der Waals surface area contributed by atoms with Crippen LogP contribution in [0, 0.1) is 0 Å². The van der Waals surface area contributed by atoms with Crippen LogP contribution in [0.1, 0.15) is 22.3 Å². The number of nitrogens with zero attached hydrogens (tertiary/aromatic N) is 2. The quantitative estimate of drug-likeness (QED) is 0.154. The molecule has 5 heteroatoms. The number of para-hydroxylation sites is 2. The van der Waals surface area contributed by atoms with Gasteiger partial charge in [-0.2, -0.15) is 0 Å². The van der Waals surface area contributed by atoms with E-state index in [1.165, 1.54) is 110 Å². The molecule has 2 aromatic heterocycles. The summed E-state index contributed by atoms with van der Waals surface area (Å²) in [4.78, 5) is 0. The zero-order valence-corrected chi connectivity index (χ0v) is 35.9. The summed E-state index contributed by atoms with van der Waals surface area (Å²) in [5, 5.41) is 7.85. The van der Waals surface area contributed by atoms with Gasteiger partial charge >= 0.3 is 0 Å². The first-order chi connectivity index (χ1) is 28.7. The highest BCUT2D eigenvalue weighted by molar-refractivity contribution is 6.97. The van der Waals surface area contributed by atoms with Gasteiger partial charge in [0.15, 0.2) is 0 Å². The van der Waals surface area contributed by atoms with Crippen molar-refractivity contribution < 1.29 is 4.12 Å². The largest absolute Gasteiger partial charge is 0.449 e. The number of fused-ring (bicyclic) bond motifs is 14. The van der Waals surface area contributed by atoms with E-state index < -0.39 is 16.6 Å². The fourth-order valence-electron chi connectivity index (χ4n) is 10.6. The maximum atomic E-state index is 7.61. The zero-order valence-electron chi connectivity index (χ0n) is 33.9. The third-order valence-corrected chi connectivity index (χ3v) is 20.8. The third-order valence-electron chi connectivity index (χ3n) is 13.3. The number of rotatable bonds is 6. The van der Waals surface area contributed by atoms with Gasteiger partial charge in [-0.25, -0.2) is 0 Å². The average molecular weight is 793 g/mol. The third kappa shape index (κ3) is 5.15. The standard InChI is InChI=1S/C54H44N2OSi2/c1-58(2,41-25-29-49-47(33-41)45-27-23-37-31-35-15-11-13-21-43(35)51(37)53(45)55(49)39-17-7-5-8-18-39)57-59(3,4)42-26-30-50-48(34-42)46-28-24-38-32-36-16-12-14-22-44(36)52(38)54(46)56(50)40-19-9-6-10-20-40/h5-30,33-34H,31-32H2,1-4H3. The van der Waals surface area contributed by atoms with E-state index in [-0.39, 0.29) is 0 Å². The van der Waals surface area contributed by atoms with E-state index in [1.54, 1.807) is 0 Å². The van der Waals surface area contributed by atoms with Crippen molar-refractivity contribution in [2.75, 3.05) is 0 Å². The summed E-state index contributed by atoms with van der Waals surface area (Å²) in [7, 11) is -4.85. The van der Waals surface area contributed by atoms with Gasteiger partial charge in [-0.1, -0.05) is 133 Å². The predicted octanol–water partition coefficient (Wildman–Crippen LogP) is 12.6. The average Bonchev–Trinajstić information content (AvgIpc) is 4.00. The second-order valence-corrected chi connectivity index (χ2v) is 25.6. The normalized spacial score (nSPS) is 13.4. The van der Waals surface area contributed by atoms with Crippen molar-refractivity contribution in [1.29, 1.82) is 0 Å². The van der Waals surface area contributed by atoms with E-state index in [0.717, 1.165) is 12.8 Å². The second-order valence-electron chi connectivity index (χ2n) is 17.6. The first-order valence-corrected chi connectivity index (χ1v) is 26.8. The molecule has 10 aromatic rings. The maximum absolute atomic E-state index is 7.61. The SMILES string of the molecule is C[Si](C)(O[Si](C)(C)c1ccc2c(c1)c1ccc3c(c1n2-c1ccccc1)-c1ccccc1C3)c1ccc2c(c1)c1ccc3c(c1n2-c1ccccc1)-c1ccccc1C3. The van der Waals surface area contributed by atoms with Gasteiger partial charge in [-0.05, 0) is 119 Å². The summed E-state index contributed by atoms with van der Waals surface area (Å²) in [5.41, 5.74) is 18.6. The molecule has 2 aliphatic rings. The molecule has 0 fully saturated rings. The van der Waals surface area contributed by atoms with Crippen molar-refractivity contribution in [2.45, 2.75) is 39.0 Å². The lowest BCUT2D eigenvalue weighted by atomic mass is 10.0. The molecule has 2 heterocycles. The Kier molecular flexibility index (Phi) is 7.44. The first-order valence-electron chi connectivity index (χ1n) is 20.9. The Bertz CT molecular complexity index is 3130. The highest BCUT2D eigenvalue weighted by atomic mass is 28.4. The van der Waals surface area contributed by atoms with Crippen molar-refractivity contribution >= 4 is 70.6 Å². The van der Waals surface area contributed by atoms with E-state index in [9.17, 15) is 0 Å². The molecule has 0 bridgehead atoms. The van der Waals surface area contributed by atoms with E-state index in [0.29, 0.717) is 0 Å². The van der Waals surface area contributed by atoms with Crippen LogP contribution in [0.2, 0.25) is 26.2 Å². The lowest BCUT2D eigenvalue weighted by molar-refractivity contribution is 0.573. The van der Waals surface area contributed by atoms with Gasteiger partial charge in [-0.3, -0.25) is 0 Å². The molecule has 8 aromatic carbocycles. The molecule has 0 spiro atoms. The molecule has 3 nitrogen and oxygen atoms in total. The van der Waals surface area contributed by atoms with Gasteiger partial charge in [0.1, 0.15) is 0 Å². The van der Waals surface area contributed by atoms with Crippen LogP contribution >= 0.6 is 0 Å². The number of hydrogen-bond acceptors (Lipinski definition) is 1. The van der Waals surface area contributed by atoms with Gasteiger partial charge in [0.05, 0.1) is 22.1 Å². The lowest BCUT2D eigenvalue weighted by Crippen LogP contribution is -2.57. The van der Waals surface area contributed by atoms with Crippen LogP contribution in [0.4, 0.5) is 0 Å². The molecule has 0 unspecified atom stereocenters. The molecule has 59 heavy (non-hydrogen) atoms. The Hall–Kier alpha value is -6.25. The van der Waals surface area contributed by atoms with E-state index in [4.69, 9.17) is 4.12 Å². The van der Waals surface area contributed by atoms with Gasteiger partial charge in [-0.15, -0.1) is 0 Å². The van der Waals surface area contributed by atoms with E-state index in [1.807, 2.05) is 0 Å². The Morgan fingerprint density at radius 2 is 0.797 bits per heavy atom. The van der Waals surface area contributed by atoms with Gasteiger partial charge in [0.25, 0.3) is 0 Å². The Morgan fingerprint density at radius 3 is 1.24 bits per heavy atom. The van der Waals surface area contributed by atoms with Crippen molar-refractivity contribution in [3.05, 3.63) is 192 Å². The molecule has 0 saturated heterocycles. The smallest absolute Gasteiger partial charge is 0.206 e. The molecule has 0 aliphatic heterocycles. The Morgan fingerprint density at radius 1 is 0.390 bits per heavy atom. The molecule has 0 atom stereocenters.